The van der Waals surface area contributed by atoms with E-state index in [9.17, 15) is 0 Å². The number of benzene rings is 1. The maximum absolute atomic E-state index is 3.44. The maximum Gasteiger partial charge on any atom is 0.0323 e. The van der Waals surface area contributed by atoms with E-state index in [1.54, 1.807) is 0 Å². The molecule has 0 spiro atoms. The standard InChI is InChI=1S/C13H19NS/c1-15-13(11-5-3-2-4-6-11)12-7-9-14-10-8-12/h2-6,12-14H,7-10H2,1H3. The Morgan fingerprint density at radius 2 is 1.87 bits per heavy atom. The van der Waals surface area contributed by atoms with Gasteiger partial charge in [-0.1, -0.05) is 30.3 Å². The van der Waals surface area contributed by atoms with Crippen molar-refractivity contribution in [2.24, 2.45) is 5.92 Å². The van der Waals surface area contributed by atoms with E-state index in [1.165, 1.54) is 31.5 Å². The first kappa shape index (κ1) is 11.0. The van der Waals surface area contributed by atoms with Crippen molar-refractivity contribution in [3.05, 3.63) is 35.9 Å². The molecule has 0 saturated carbocycles. The molecule has 1 aliphatic heterocycles. The average molecular weight is 221 g/mol. The molecule has 1 saturated heterocycles. The first-order valence-electron chi connectivity index (χ1n) is 5.70. The van der Waals surface area contributed by atoms with Gasteiger partial charge in [-0.25, -0.2) is 0 Å². The van der Waals surface area contributed by atoms with Crippen molar-refractivity contribution in [1.29, 1.82) is 0 Å². The normalized spacial score (nSPS) is 20.1. The van der Waals surface area contributed by atoms with Crippen LogP contribution in [0, 0.1) is 5.92 Å². The molecule has 82 valence electrons. The first-order valence-corrected chi connectivity index (χ1v) is 6.99. The van der Waals surface area contributed by atoms with E-state index in [-0.39, 0.29) is 0 Å². The molecule has 1 unspecified atom stereocenters. The largest absolute Gasteiger partial charge is 0.317 e. The van der Waals surface area contributed by atoms with Crippen LogP contribution in [0.1, 0.15) is 23.7 Å². The fourth-order valence-electron chi connectivity index (χ4n) is 2.39. The Labute approximate surface area is 96.7 Å². The van der Waals surface area contributed by atoms with Gasteiger partial charge < -0.3 is 5.32 Å². The molecular formula is C13H19NS. The second-order valence-electron chi connectivity index (χ2n) is 4.15. The number of hydrogen-bond donors (Lipinski definition) is 1. The highest BCUT2D eigenvalue weighted by Gasteiger charge is 2.23. The molecule has 1 atom stereocenters. The Morgan fingerprint density at radius 1 is 1.20 bits per heavy atom. The van der Waals surface area contributed by atoms with E-state index < -0.39 is 0 Å². The van der Waals surface area contributed by atoms with E-state index in [0.717, 1.165) is 5.92 Å². The summed E-state index contributed by atoms with van der Waals surface area (Å²) in [5.41, 5.74) is 1.50. The highest BCUT2D eigenvalue weighted by molar-refractivity contribution is 7.98. The number of rotatable bonds is 3. The van der Waals surface area contributed by atoms with Gasteiger partial charge in [0, 0.05) is 5.25 Å². The van der Waals surface area contributed by atoms with Crippen molar-refractivity contribution in [1.82, 2.24) is 5.32 Å². The van der Waals surface area contributed by atoms with E-state index >= 15 is 0 Å². The third-order valence-electron chi connectivity index (χ3n) is 3.19. The van der Waals surface area contributed by atoms with Gasteiger partial charge in [0.2, 0.25) is 0 Å². The predicted octanol–water partition coefficient (Wildman–Crippen LogP) is 3.09. The lowest BCUT2D eigenvalue weighted by molar-refractivity contribution is 0.367. The summed E-state index contributed by atoms with van der Waals surface area (Å²) in [6.07, 6.45) is 4.88. The van der Waals surface area contributed by atoms with Crippen LogP contribution < -0.4 is 5.32 Å². The molecule has 1 aromatic carbocycles. The fraction of sp³-hybridized carbons (Fsp3) is 0.538. The van der Waals surface area contributed by atoms with Crippen LogP contribution in [0.15, 0.2) is 30.3 Å². The van der Waals surface area contributed by atoms with E-state index in [4.69, 9.17) is 0 Å². The predicted molar refractivity (Wildman–Crippen MR) is 68.3 cm³/mol. The molecule has 2 rings (SSSR count). The molecule has 0 aromatic heterocycles. The van der Waals surface area contributed by atoms with E-state index in [1.807, 2.05) is 11.8 Å². The monoisotopic (exact) mass is 221 g/mol. The third kappa shape index (κ3) is 2.76. The van der Waals surface area contributed by atoms with Crippen LogP contribution in [0.2, 0.25) is 0 Å². The molecule has 1 nitrogen and oxygen atoms in total. The second-order valence-corrected chi connectivity index (χ2v) is 5.13. The van der Waals surface area contributed by atoms with Gasteiger partial charge in [-0.15, -0.1) is 0 Å². The van der Waals surface area contributed by atoms with E-state index in [0.29, 0.717) is 5.25 Å². The zero-order chi connectivity index (χ0) is 10.5. The van der Waals surface area contributed by atoms with Crippen LogP contribution >= 0.6 is 11.8 Å². The first-order chi connectivity index (χ1) is 7.42. The smallest absolute Gasteiger partial charge is 0.0323 e. The van der Waals surface area contributed by atoms with Crippen LogP contribution in [0.5, 0.6) is 0 Å². The summed E-state index contributed by atoms with van der Waals surface area (Å²) < 4.78 is 0. The molecule has 1 heterocycles. The minimum atomic E-state index is 0.688. The van der Waals surface area contributed by atoms with E-state index in [2.05, 4.69) is 41.9 Å². The van der Waals surface area contributed by atoms with Gasteiger partial charge in [0.05, 0.1) is 0 Å². The quantitative estimate of drug-likeness (QED) is 0.842. The zero-order valence-corrected chi connectivity index (χ0v) is 10.1. The number of thioether (sulfide) groups is 1. The molecule has 1 aliphatic rings. The fourth-order valence-corrected chi connectivity index (χ4v) is 3.48. The lowest BCUT2D eigenvalue weighted by Gasteiger charge is -2.29. The van der Waals surface area contributed by atoms with Gasteiger partial charge in [-0.05, 0) is 43.7 Å². The van der Waals surface area contributed by atoms with Crippen molar-refractivity contribution in [3.63, 3.8) is 0 Å². The number of hydrogen-bond acceptors (Lipinski definition) is 2. The minimum Gasteiger partial charge on any atom is -0.317 e. The molecule has 2 heteroatoms. The van der Waals surface area contributed by atoms with Gasteiger partial charge in [0.25, 0.3) is 0 Å². The molecule has 0 amide bonds. The summed E-state index contributed by atoms with van der Waals surface area (Å²) in [4.78, 5) is 0. The Morgan fingerprint density at radius 3 is 2.47 bits per heavy atom. The van der Waals surface area contributed by atoms with Crippen molar-refractivity contribution in [2.75, 3.05) is 19.3 Å². The Balaban J connectivity index is 2.09. The molecule has 1 N–H and O–H groups in total. The van der Waals surface area contributed by atoms with Gasteiger partial charge in [0.15, 0.2) is 0 Å². The Kier molecular flexibility index (Phi) is 4.09. The highest BCUT2D eigenvalue weighted by atomic mass is 32.2. The zero-order valence-electron chi connectivity index (χ0n) is 9.28. The van der Waals surface area contributed by atoms with Gasteiger partial charge in [-0.2, -0.15) is 11.8 Å². The number of nitrogens with one attached hydrogen (secondary N) is 1. The SMILES string of the molecule is CSC(c1ccccc1)C1CCNCC1. The van der Waals surface area contributed by atoms with Crippen LogP contribution in [-0.4, -0.2) is 19.3 Å². The number of piperidine rings is 1. The maximum atomic E-state index is 3.44. The van der Waals surface area contributed by atoms with Gasteiger partial charge in [0.1, 0.15) is 0 Å². The summed E-state index contributed by atoms with van der Waals surface area (Å²) in [7, 11) is 0. The lowest BCUT2D eigenvalue weighted by Crippen LogP contribution is -2.30. The summed E-state index contributed by atoms with van der Waals surface area (Å²) >= 11 is 2.00. The van der Waals surface area contributed by atoms with Gasteiger partial charge in [-0.3, -0.25) is 0 Å². The van der Waals surface area contributed by atoms with Crippen molar-refractivity contribution >= 4 is 11.8 Å². The molecule has 1 aromatic rings. The van der Waals surface area contributed by atoms with Crippen LogP contribution in [0.4, 0.5) is 0 Å². The molecule has 0 bridgehead atoms. The van der Waals surface area contributed by atoms with Crippen LogP contribution in [0.3, 0.4) is 0 Å². The average Bonchev–Trinajstić information content (AvgIpc) is 2.33. The summed E-state index contributed by atoms with van der Waals surface area (Å²) in [6.45, 7) is 2.38. The summed E-state index contributed by atoms with van der Waals surface area (Å²) in [5, 5.41) is 4.12. The Hall–Kier alpha value is -0.470. The topological polar surface area (TPSA) is 12.0 Å². The molecule has 15 heavy (non-hydrogen) atoms. The van der Waals surface area contributed by atoms with Crippen LogP contribution in [0.25, 0.3) is 0 Å². The van der Waals surface area contributed by atoms with Crippen molar-refractivity contribution < 1.29 is 0 Å². The molecule has 1 fully saturated rings. The lowest BCUT2D eigenvalue weighted by atomic mass is 9.90. The third-order valence-corrected chi connectivity index (χ3v) is 4.36. The molecular weight excluding hydrogens is 202 g/mol. The molecule has 0 aliphatic carbocycles. The summed E-state index contributed by atoms with van der Waals surface area (Å²) in [6, 6.07) is 10.9. The second kappa shape index (κ2) is 5.57. The minimum absolute atomic E-state index is 0.688. The Bertz CT molecular complexity index is 280. The van der Waals surface area contributed by atoms with Gasteiger partial charge >= 0.3 is 0 Å². The summed E-state index contributed by atoms with van der Waals surface area (Å²) in [5.74, 6) is 0.851. The highest BCUT2D eigenvalue weighted by Crippen LogP contribution is 2.38. The van der Waals surface area contributed by atoms with Crippen molar-refractivity contribution in [2.45, 2.75) is 18.1 Å². The van der Waals surface area contributed by atoms with Crippen molar-refractivity contribution in [3.8, 4) is 0 Å². The van der Waals surface area contributed by atoms with Crippen LogP contribution in [-0.2, 0) is 0 Å². The molecule has 0 radical (unpaired) electrons.